The van der Waals surface area contributed by atoms with Crippen molar-refractivity contribution >= 4 is 42.8 Å². The number of amides is 1. The average Bonchev–Trinajstić information content (AvgIpc) is 3.62. The minimum absolute atomic E-state index is 0.0539. The SMILES string of the molecule is CC(C)CN(C[C@@H](O)[C@H](Cc1cccc(F)c1)NC(=O)OCC[C@@H]1CO[C@@H]2OCCC[C@H]12)S(=O)(=O)c1ccc2nc(NC3CC3)sc2c1. The zero-order valence-corrected chi connectivity index (χ0v) is 29.0. The molecule has 0 spiro atoms. The molecule has 14 heteroatoms. The summed E-state index contributed by atoms with van der Waals surface area (Å²) in [5.74, 6) is -0.0104. The number of alkyl carbamates (subject to hydrolysis) is 1. The van der Waals surface area contributed by atoms with Crippen LogP contribution in [0.1, 0.15) is 51.5 Å². The van der Waals surface area contributed by atoms with Gasteiger partial charge in [0.15, 0.2) is 11.4 Å². The highest BCUT2D eigenvalue weighted by Crippen LogP contribution is 2.37. The van der Waals surface area contributed by atoms with Gasteiger partial charge in [-0.25, -0.2) is 22.6 Å². The van der Waals surface area contributed by atoms with Gasteiger partial charge in [0.05, 0.1) is 40.5 Å². The monoisotopic (exact) mass is 704 g/mol. The van der Waals surface area contributed by atoms with Crippen LogP contribution in [0.4, 0.5) is 14.3 Å². The van der Waals surface area contributed by atoms with Gasteiger partial charge in [0, 0.05) is 31.7 Å². The van der Waals surface area contributed by atoms with Crippen molar-refractivity contribution in [3.63, 3.8) is 0 Å². The van der Waals surface area contributed by atoms with E-state index in [9.17, 15) is 22.7 Å². The predicted molar refractivity (Wildman–Crippen MR) is 181 cm³/mol. The number of nitrogens with zero attached hydrogens (tertiary/aromatic N) is 2. The van der Waals surface area contributed by atoms with Gasteiger partial charge in [0.1, 0.15) is 5.82 Å². The Balaban J connectivity index is 1.15. The average molecular weight is 705 g/mol. The molecule has 11 nitrogen and oxygen atoms in total. The molecule has 3 N–H and O–H groups in total. The molecule has 2 aromatic carbocycles. The van der Waals surface area contributed by atoms with E-state index in [4.69, 9.17) is 14.2 Å². The summed E-state index contributed by atoms with van der Waals surface area (Å²) in [5.41, 5.74) is 1.25. The van der Waals surface area contributed by atoms with Crippen molar-refractivity contribution in [1.82, 2.24) is 14.6 Å². The second-order valence-electron chi connectivity index (χ2n) is 13.5. The zero-order chi connectivity index (χ0) is 33.8. The molecule has 2 saturated heterocycles. The smallest absolute Gasteiger partial charge is 0.407 e. The molecule has 3 aromatic rings. The van der Waals surface area contributed by atoms with Crippen LogP contribution in [0.5, 0.6) is 0 Å². The number of nitrogens with one attached hydrogen (secondary N) is 2. The molecule has 262 valence electrons. The Labute approximate surface area is 285 Å². The summed E-state index contributed by atoms with van der Waals surface area (Å²) < 4.78 is 61.2. The molecular formula is C34H45FN4O7S2. The first-order valence-electron chi connectivity index (χ1n) is 16.8. The first-order valence-corrected chi connectivity index (χ1v) is 19.1. The van der Waals surface area contributed by atoms with Crippen LogP contribution < -0.4 is 10.6 Å². The first-order chi connectivity index (χ1) is 23.0. The number of halogens is 1. The Morgan fingerprint density at radius 3 is 2.77 bits per heavy atom. The van der Waals surface area contributed by atoms with Crippen LogP contribution in [0, 0.1) is 23.6 Å². The molecule has 1 aliphatic carbocycles. The van der Waals surface area contributed by atoms with Crippen molar-refractivity contribution in [2.45, 2.75) is 81.7 Å². The molecule has 48 heavy (non-hydrogen) atoms. The van der Waals surface area contributed by atoms with Crippen molar-refractivity contribution in [2.75, 3.05) is 38.2 Å². The van der Waals surface area contributed by atoms with E-state index in [0.29, 0.717) is 36.8 Å². The van der Waals surface area contributed by atoms with Gasteiger partial charge in [-0.15, -0.1) is 0 Å². The lowest BCUT2D eigenvalue weighted by Gasteiger charge is -2.30. The first kappa shape index (κ1) is 35.0. The number of rotatable bonds is 15. The lowest BCUT2D eigenvalue weighted by Crippen LogP contribution is -2.51. The summed E-state index contributed by atoms with van der Waals surface area (Å²) in [6.45, 7) is 5.03. The third-order valence-electron chi connectivity index (χ3n) is 9.09. The zero-order valence-electron chi connectivity index (χ0n) is 27.3. The number of fused-ring (bicyclic) bond motifs is 2. The fourth-order valence-electron chi connectivity index (χ4n) is 6.44. The summed E-state index contributed by atoms with van der Waals surface area (Å²) in [6, 6.07) is 10.2. The van der Waals surface area contributed by atoms with Crippen LogP contribution in [0.25, 0.3) is 10.2 Å². The summed E-state index contributed by atoms with van der Waals surface area (Å²) in [6.07, 6.45) is 2.58. The predicted octanol–water partition coefficient (Wildman–Crippen LogP) is 5.14. The number of benzene rings is 2. The highest BCUT2D eigenvalue weighted by Gasteiger charge is 2.39. The number of hydrogen-bond donors (Lipinski definition) is 3. The molecule has 1 amide bonds. The number of aromatic nitrogens is 1. The van der Waals surface area contributed by atoms with Gasteiger partial charge in [0.2, 0.25) is 10.0 Å². The van der Waals surface area contributed by atoms with Crippen LogP contribution >= 0.6 is 11.3 Å². The third kappa shape index (κ3) is 8.82. The van der Waals surface area contributed by atoms with E-state index in [1.54, 1.807) is 24.3 Å². The van der Waals surface area contributed by atoms with E-state index in [2.05, 4.69) is 15.6 Å². The lowest BCUT2D eigenvalue weighted by molar-refractivity contribution is -0.151. The fraction of sp³-hybridized carbons (Fsp3) is 0.588. The number of ether oxygens (including phenoxy) is 3. The Morgan fingerprint density at radius 2 is 2.00 bits per heavy atom. The van der Waals surface area contributed by atoms with Gasteiger partial charge in [-0.1, -0.05) is 37.3 Å². The van der Waals surface area contributed by atoms with E-state index >= 15 is 0 Å². The van der Waals surface area contributed by atoms with Crippen molar-refractivity contribution in [3.8, 4) is 0 Å². The minimum atomic E-state index is -4.05. The minimum Gasteiger partial charge on any atom is -0.450 e. The number of aliphatic hydroxyl groups is 1. The Hall–Kier alpha value is -2.88. The second kappa shape index (κ2) is 15.3. The highest BCUT2D eigenvalue weighted by atomic mass is 32.2. The van der Waals surface area contributed by atoms with E-state index in [1.165, 1.54) is 33.8 Å². The van der Waals surface area contributed by atoms with Gasteiger partial charge in [-0.2, -0.15) is 4.31 Å². The summed E-state index contributed by atoms with van der Waals surface area (Å²) in [4.78, 5) is 17.7. The molecule has 5 atom stereocenters. The second-order valence-corrected chi connectivity index (χ2v) is 16.5. The molecule has 3 fully saturated rings. The number of sulfonamides is 1. The molecule has 1 aromatic heterocycles. The van der Waals surface area contributed by atoms with Gasteiger partial charge in [0.25, 0.3) is 0 Å². The molecule has 0 unspecified atom stereocenters. The third-order valence-corrected chi connectivity index (χ3v) is 11.9. The van der Waals surface area contributed by atoms with Crippen LogP contribution in [-0.4, -0.2) is 86.3 Å². The number of carbonyl (C=O) groups excluding carboxylic acids is 1. The standard InChI is InChI=1S/C34H45FN4O7S2/c1-21(2)18-39(48(42,43)26-10-11-28-31(17-26)47-33(37-28)36-25-8-9-25)19-30(40)29(16-22-5-3-6-24(35)15-22)38-34(41)45-14-12-23-20-46-32-27(23)7-4-13-44-32/h3,5-6,10-11,15,17,21,23,25,27,29-30,32,40H,4,7-9,12-14,16,18-20H2,1-2H3,(H,36,37)(H,38,41)/t23-,27-,29+,30-,32+/m1/s1. The van der Waals surface area contributed by atoms with E-state index in [1.807, 2.05) is 13.8 Å². The molecule has 1 saturated carbocycles. The maximum Gasteiger partial charge on any atom is 0.407 e. The van der Waals surface area contributed by atoms with E-state index < -0.39 is 34.1 Å². The van der Waals surface area contributed by atoms with E-state index in [-0.39, 0.29) is 55.1 Å². The van der Waals surface area contributed by atoms with Gasteiger partial charge in [-0.05, 0) is 86.3 Å². The molecule has 3 aliphatic rings. The Bertz CT molecular complexity index is 1670. The highest BCUT2D eigenvalue weighted by molar-refractivity contribution is 7.89. The van der Waals surface area contributed by atoms with Crippen LogP contribution in [0.3, 0.4) is 0 Å². The Morgan fingerprint density at radius 1 is 1.17 bits per heavy atom. The van der Waals surface area contributed by atoms with Crippen LogP contribution in [0.15, 0.2) is 47.4 Å². The molecule has 0 bridgehead atoms. The van der Waals surface area contributed by atoms with Crippen molar-refractivity contribution in [1.29, 1.82) is 0 Å². The molecule has 2 aliphatic heterocycles. The number of aliphatic hydroxyl groups excluding tert-OH is 1. The van der Waals surface area contributed by atoms with E-state index in [0.717, 1.165) is 35.5 Å². The summed E-state index contributed by atoms with van der Waals surface area (Å²) in [5, 5.41) is 18.4. The van der Waals surface area contributed by atoms with Crippen molar-refractivity contribution in [2.24, 2.45) is 17.8 Å². The summed E-state index contributed by atoms with van der Waals surface area (Å²) >= 11 is 1.41. The van der Waals surface area contributed by atoms with Crippen molar-refractivity contribution < 1.29 is 36.9 Å². The van der Waals surface area contributed by atoms with Gasteiger partial charge >= 0.3 is 6.09 Å². The largest absolute Gasteiger partial charge is 0.450 e. The molecule has 0 radical (unpaired) electrons. The normalized spacial score (nSPS) is 22.5. The van der Waals surface area contributed by atoms with Crippen molar-refractivity contribution in [3.05, 3.63) is 53.8 Å². The number of carbonyl (C=O) groups is 1. The lowest BCUT2D eigenvalue weighted by atomic mass is 9.87. The summed E-state index contributed by atoms with van der Waals surface area (Å²) in [7, 11) is -4.05. The fourth-order valence-corrected chi connectivity index (χ4v) is 9.14. The quantitative estimate of drug-likeness (QED) is 0.196. The maximum atomic E-state index is 14.1. The van der Waals surface area contributed by atoms with Crippen LogP contribution in [-0.2, 0) is 30.7 Å². The number of hydrogen-bond acceptors (Lipinski definition) is 10. The molecular weight excluding hydrogens is 660 g/mol. The molecule has 3 heterocycles. The number of thiazole rings is 1. The maximum absolute atomic E-state index is 14.1. The topological polar surface area (TPSA) is 139 Å². The Kier molecular flexibility index (Phi) is 11.2. The number of anilines is 1. The van der Waals surface area contributed by atoms with Gasteiger partial charge < -0.3 is 30.0 Å². The molecule has 6 rings (SSSR count). The van der Waals surface area contributed by atoms with Gasteiger partial charge in [-0.3, -0.25) is 0 Å². The van der Waals surface area contributed by atoms with Crippen LogP contribution in [0.2, 0.25) is 0 Å².